The predicted molar refractivity (Wildman–Crippen MR) is 133 cm³/mol. The van der Waals surface area contributed by atoms with E-state index in [-0.39, 0.29) is 34.9 Å². The molecular formula is C19H29IN6O2S2. The molecule has 3 rings (SSSR count). The fraction of sp³-hybridized carbons (Fsp3) is 0.474. The molecule has 0 saturated carbocycles. The zero-order valence-electron chi connectivity index (χ0n) is 17.4. The molecule has 0 unspecified atom stereocenters. The number of aliphatic imine (C=N–C) groups is 1. The topological polar surface area (TPSA) is 95.1 Å². The smallest absolute Gasteiger partial charge is 0.243 e. The zero-order valence-corrected chi connectivity index (χ0v) is 21.4. The van der Waals surface area contributed by atoms with E-state index in [1.54, 1.807) is 42.6 Å². The van der Waals surface area contributed by atoms with Crippen molar-refractivity contribution in [3.05, 3.63) is 41.4 Å². The van der Waals surface area contributed by atoms with E-state index in [0.29, 0.717) is 12.5 Å². The number of aromatic nitrogens is 1. The van der Waals surface area contributed by atoms with Gasteiger partial charge in [0.05, 0.1) is 11.4 Å². The van der Waals surface area contributed by atoms with Crippen LogP contribution in [0.2, 0.25) is 0 Å². The quantitative estimate of drug-likeness (QED) is 0.329. The van der Waals surface area contributed by atoms with Crippen molar-refractivity contribution >= 4 is 56.4 Å². The van der Waals surface area contributed by atoms with Crippen molar-refractivity contribution in [3.8, 4) is 0 Å². The third-order valence-electron chi connectivity index (χ3n) is 5.04. The molecule has 1 aromatic heterocycles. The average molecular weight is 565 g/mol. The SMILES string of the molecule is CC(C)N(C)S(=O)(=O)c1ccc(CN=C(N)N2CCN(c3nccs3)CC2)cc1.I. The Morgan fingerprint density at radius 2 is 1.87 bits per heavy atom. The highest BCUT2D eigenvalue weighted by Crippen LogP contribution is 2.19. The molecule has 0 bridgehead atoms. The largest absolute Gasteiger partial charge is 0.370 e. The third-order valence-corrected chi connectivity index (χ3v) is 7.92. The molecule has 11 heteroatoms. The number of nitrogens with two attached hydrogens (primary N) is 1. The summed E-state index contributed by atoms with van der Waals surface area (Å²) in [6, 6.07) is 6.74. The van der Waals surface area contributed by atoms with Crippen LogP contribution in [0.25, 0.3) is 0 Å². The number of halogens is 1. The van der Waals surface area contributed by atoms with Crippen LogP contribution in [0.1, 0.15) is 19.4 Å². The van der Waals surface area contributed by atoms with Crippen molar-refractivity contribution in [1.29, 1.82) is 0 Å². The van der Waals surface area contributed by atoms with E-state index in [9.17, 15) is 8.42 Å². The van der Waals surface area contributed by atoms with Gasteiger partial charge in [-0.25, -0.2) is 18.4 Å². The Bertz CT molecular complexity index is 924. The molecule has 0 aliphatic carbocycles. The standard InChI is InChI=1S/C19H28N6O2S2.HI/c1-15(2)23(3)29(26,27)17-6-4-16(5-7-17)14-22-18(20)24-9-11-25(12-10-24)19-21-8-13-28-19;/h4-8,13,15H,9-12,14H2,1-3H3,(H2,20,22);1H. The van der Waals surface area contributed by atoms with Crippen LogP contribution in [0.15, 0.2) is 45.7 Å². The second-order valence-electron chi connectivity index (χ2n) is 7.22. The second kappa shape index (κ2) is 10.7. The van der Waals surface area contributed by atoms with Crippen molar-refractivity contribution < 1.29 is 8.42 Å². The van der Waals surface area contributed by atoms with Crippen LogP contribution in [0, 0.1) is 0 Å². The number of guanidine groups is 1. The number of benzene rings is 1. The molecule has 0 spiro atoms. The Balaban J connectivity index is 0.00000320. The molecule has 30 heavy (non-hydrogen) atoms. The van der Waals surface area contributed by atoms with Gasteiger partial charge in [-0.2, -0.15) is 4.31 Å². The Hall–Kier alpha value is -1.44. The summed E-state index contributed by atoms with van der Waals surface area (Å²) in [5, 5.41) is 3.02. The maximum atomic E-state index is 12.5. The number of hydrogen-bond donors (Lipinski definition) is 1. The molecule has 1 fully saturated rings. The number of thiazole rings is 1. The van der Waals surface area contributed by atoms with E-state index in [4.69, 9.17) is 5.73 Å². The molecule has 8 nitrogen and oxygen atoms in total. The van der Waals surface area contributed by atoms with Crippen LogP contribution in [-0.4, -0.2) is 67.8 Å². The van der Waals surface area contributed by atoms with E-state index < -0.39 is 10.0 Å². The Morgan fingerprint density at radius 3 is 2.40 bits per heavy atom. The van der Waals surface area contributed by atoms with Crippen molar-refractivity contribution in [2.75, 3.05) is 38.1 Å². The zero-order chi connectivity index (χ0) is 21.0. The second-order valence-corrected chi connectivity index (χ2v) is 10.1. The first-order valence-corrected chi connectivity index (χ1v) is 11.9. The first-order chi connectivity index (χ1) is 13.8. The first kappa shape index (κ1) is 24.8. The van der Waals surface area contributed by atoms with E-state index >= 15 is 0 Å². The van der Waals surface area contributed by atoms with Gasteiger partial charge in [0.15, 0.2) is 11.1 Å². The molecule has 2 aromatic rings. The number of rotatable bonds is 6. The van der Waals surface area contributed by atoms with E-state index in [1.165, 1.54) is 4.31 Å². The summed E-state index contributed by atoms with van der Waals surface area (Å²) < 4.78 is 26.4. The lowest BCUT2D eigenvalue weighted by Gasteiger charge is -2.35. The normalized spacial score (nSPS) is 15.6. The van der Waals surface area contributed by atoms with Gasteiger partial charge in [0.1, 0.15) is 0 Å². The number of nitrogens with zero attached hydrogens (tertiary/aromatic N) is 5. The summed E-state index contributed by atoms with van der Waals surface area (Å²) in [6.45, 7) is 7.43. The molecular weight excluding hydrogens is 535 g/mol. The molecule has 1 aromatic carbocycles. The lowest BCUT2D eigenvalue weighted by Crippen LogP contribution is -2.51. The van der Waals surface area contributed by atoms with Gasteiger partial charge in [-0.05, 0) is 31.5 Å². The van der Waals surface area contributed by atoms with Crippen LogP contribution in [0.4, 0.5) is 5.13 Å². The molecule has 166 valence electrons. The van der Waals surface area contributed by atoms with Gasteiger partial charge in [0.25, 0.3) is 0 Å². The maximum absolute atomic E-state index is 12.5. The molecule has 1 aliphatic rings. The van der Waals surface area contributed by atoms with Crippen LogP contribution in [0.3, 0.4) is 0 Å². The summed E-state index contributed by atoms with van der Waals surface area (Å²) in [5.41, 5.74) is 7.09. The fourth-order valence-corrected chi connectivity index (χ4v) is 5.05. The van der Waals surface area contributed by atoms with Crippen LogP contribution in [0.5, 0.6) is 0 Å². The lowest BCUT2D eigenvalue weighted by molar-refractivity contribution is 0.380. The van der Waals surface area contributed by atoms with Gasteiger partial charge < -0.3 is 15.5 Å². The summed E-state index contributed by atoms with van der Waals surface area (Å²) in [6.07, 6.45) is 1.82. The lowest BCUT2D eigenvalue weighted by atomic mass is 10.2. The van der Waals surface area contributed by atoms with Gasteiger partial charge in [-0.15, -0.1) is 35.3 Å². The van der Waals surface area contributed by atoms with Gasteiger partial charge in [-0.1, -0.05) is 12.1 Å². The fourth-order valence-electron chi connectivity index (χ4n) is 2.98. The van der Waals surface area contributed by atoms with Crippen molar-refractivity contribution in [2.45, 2.75) is 31.3 Å². The highest BCUT2D eigenvalue weighted by molar-refractivity contribution is 14.0. The number of piperazine rings is 1. The van der Waals surface area contributed by atoms with Gasteiger partial charge in [0, 0.05) is 50.8 Å². The number of hydrogen-bond acceptors (Lipinski definition) is 6. The molecule has 1 saturated heterocycles. The molecule has 0 radical (unpaired) electrons. The highest BCUT2D eigenvalue weighted by Gasteiger charge is 2.23. The van der Waals surface area contributed by atoms with E-state index in [1.807, 2.05) is 25.4 Å². The minimum absolute atomic E-state index is 0. The first-order valence-electron chi connectivity index (χ1n) is 9.55. The summed E-state index contributed by atoms with van der Waals surface area (Å²) in [7, 11) is -1.88. The molecule has 2 N–H and O–H groups in total. The number of sulfonamides is 1. The van der Waals surface area contributed by atoms with Gasteiger partial charge >= 0.3 is 0 Å². The Morgan fingerprint density at radius 1 is 1.23 bits per heavy atom. The highest BCUT2D eigenvalue weighted by atomic mass is 127. The summed E-state index contributed by atoms with van der Waals surface area (Å²) >= 11 is 1.64. The molecule has 0 amide bonds. The van der Waals surface area contributed by atoms with Gasteiger partial charge in [0.2, 0.25) is 10.0 Å². The average Bonchev–Trinajstić information content (AvgIpc) is 3.26. The minimum atomic E-state index is -3.47. The van der Waals surface area contributed by atoms with Crippen LogP contribution >= 0.6 is 35.3 Å². The van der Waals surface area contributed by atoms with Gasteiger partial charge in [-0.3, -0.25) is 0 Å². The van der Waals surface area contributed by atoms with Crippen LogP contribution < -0.4 is 10.6 Å². The summed E-state index contributed by atoms with van der Waals surface area (Å²) in [4.78, 5) is 13.4. The Kier molecular flexibility index (Phi) is 8.88. The minimum Gasteiger partial charge on any atom is -0.370 e. The van der Waals surface area contributed by atoms with Crippen molar-refractivity contribution in [1.82, 2.24) is 14.2 Å². The maximum Gasteiger partial charge on any atom is 0.243 e. The van der Waals surface area contributed by atoms with E-state index in [2.05, 4.69) is 19.8 Å². The monoisotopic (exact) mass is 564 g/mol. The number of anilines is 1. The van der Waals surface area contributed by atoms with Crippen LogP contribution in [-0.2, 0) is 16.6 Å². The molecule has 1 aliphatic heterocycles. The van der Waals surface area contributed by atoms with E-state index in [0.717, 1.165) is 36.9 Å². The molecule has 0 atom stereocenters. The summed E-state index contributed by atoms with van der Waals surface area (Å²) in [5.74, 6) is 0.514. The van der Waals surface area contributed by atoms with Crippen molar-refractivity contribution in [2.24, 2.45) is 10.7 Å². The molecule has 2 heterocycles. The predicted octanol–water partition coefficient (Wildman–Crippen LogP) is 2.43. The van der Waals surface area contributed by atoms with Crippen molar-refractivity contribution in [3.63, 3.8) is 0 Å². The third kappa shape index (κ3) is 5.83. The Labute approximate surface area is 199 Å².